The van der Waals surface area contributed by atoms with Crippen LogP contribution in [-0.4, -0.2) is 29.9 Å². The number of hydrogen-bond donors (Lipinski definition) is 2. The maximum absolute atomic E-state index is 10.3. The van der Waals surface area contributed by atoms with E-state index in [1.165, 1.54) is 32.1 Å². The number of rotatable bonds is 4. The minimum Gasteiger partial charge on any atom is -0.387 e. The highest BCUT2D eigenvalue weighted by Crippen LogP contribution is 2.38. The van der Waals surface area contributed by atoms with E-state index in [0.717, 1.165) is 25.0 Å². The molecule has 2 unspecified atom stereocenters. The normalized spacial score (nSPS) is 26.6. The van der Waals surface area contributed by atoms with E-state index in [1.54, 1.807) is 0 Å². The monoisotopic (exact) mass is 289 g/mol. The van der Waals surface area contributed by atoms with Crippen molar-refractivity contribution >= 4 is 0 Å². The Balaban J connectivity index is 1.51. The van der Waals surface area contributed by atoms with Crippen molar-refractivity contribution in [2.75, 3.05) is 13.2 Å². The van der Waals surface area contributed by atoms with Gasteiger partial charge in [-0.3, -0.25) is 0 Å². The van der Waals surface area contributed by atoms with E-state index < -0.39 is 6.10 Å². The molecule has 1 aromatic rings. The Morgan fingerprint density at radius 1 is 1.19 bits per heavy atom. The molecule has 1 heterocycles. The highest BCUT2D eigenvalue weighted by atomic mass is 16.5. The average molecular weight is 289 g/mol. The van der Waals surface area contributed by atoms with Crippen LogP contribution in [0.15, 0.2) is 30.3 Å². The molecule has 2 N–H and O–H groups in total. The SMILES string of the molecule is OC(CNC1CCOC2(CCCCC2)C1)c1ccccc1. The Labute approximate surface area is 127 Å². The second-order valence-electron chi connectivity index (χ2n) is 6.62. The van der Waals surface area contributed by atoms with Gasteiger partial charge >= 0.3 is 0 Å². The molecule has 0 amide bonds. The third kappa shape index (κ3) is 3.85. The summed E-state index contributed by atoms with van der Waals surface area (Å²) in [5, 5.41) is 13.8. The van der Waals surface area contributed by atoms with Gasteiger partial charge in [-0.2, -0.15) is 0 Å². The predicted octanol–water partition coefficient (Wildman–Crippen LogP) is 3.19. The zero-order valence-electron chi connectivity index (χ0n) is 12.8. The summed E-state index contributed by atoms with van der Waals surface area (Å²) in [6.45, 7) is 1.49. The molecule has 0 aromatic heterocycles. The van der Waals surface area contributed by atoms with Crippen LogP contribution in [0.1, 0.15) is 56.6 Å². The Bertz CT molecular complexity index is 423. The smallest absolute Gasteiger partial charge is 0.0914 e. The summed E-state index contributed by atoms with van der Waals surface area (Å²) >= 11 is 0. The zero-order chi connectivity index (χ0) is 14.5. The van der Waals surface area contributed by atoms with E-state index in [0.29, 0.717) is 12.6 Å². The third-order valence-corrected chi connectivity index (χ3v) is 5.04. The molecule has 0 bridgehead atoms. The lowest BCUT2D eigenvalue weighted by atomic mass is 9.78. The second kappa shape index (κ2) is 6.91. The lowest BCUT2D eigenvalue weighted by Gasteiger charge is -2.44. The van der Waals surface area contributed by atoms with Crippen LogP contribution >= 0.6 is 0 Å². The summed E-state index contributed by atoms with van der Waals surface area (Å²) in [5.41, 5.74) is 1.12. The van der Waals surface area contributed by atoms with Crippen molar-refractivity contribution in [3.63, 3.8) is 0 Å². The van der Waals surface area contributed by atoms with E-state index in [4.69, 9.17) is 4.74 Å². The van der Waals surface area contributed by atoms with Crippen molar-refractivity contribution in [2.45, 2.75) is 62.7 Å². The Morgan fingerprint density at radius 3 is 2.71 bits per heavy atom. The largest absolute Gasteiger partial charge is 0.387 e. The quantitative estimate of drug-likeness (QED) is 0.894. The minimum absolute atomic E-state index is 0.131. The van der Waals surface area contributed by atoms with E-state index >= 15 is 0 Å². The van der Waals surface area contributed by atoms with Crippen molar-refractivity contribution in [1.82, 2.24) is 5.32 Å². The number of aliphatic hydroxyl groups excluding tert-OH is 1. The molecule has 2 aliphatic rings. The Morgan fingerprint density at radius 2 is 1.95 bits per heavy atom. The van der Waals surface area contributed by atoms with Crippen LogP contribution in [0.4, 0.5) is 0 Å². The molecule has 3 heteroatoms. The number of aliphatic hydroxyl groups is 1. The average Bonchev–Trinajstić information content (AvgIpc) is 2.54. The molecule has 1 aliphatic heterocycles. The molecule has 0 radical (unpaired) electrons. The van der Waals surface area contributed by atoms with Crippen LogP contribution in [0.2, 0.25) is 0 Å². The van der Waals surface area contributed by atoms with Crippen LogP contribution < -0.4 is 5.32 Å². The van der Waals surface area contributed by atoms with Gasteiger partial charge in [0.2, 0.25) is 0 Å². The van der Waals surface area contributed by atoms with Gasteiger partial charge < -0.3 is 15.2 Å². The Hall–Kier alpha value is -0.900. The molecule has 2 atom stereocenters. The molecule has 1 spiro atoms. The summed E-state index contributed by atoms with van der Waals surface area (Å²) in [4.78, 5) is 0. The standard InChI is InChI=1S/C18H27NO2/c20-17(15-7-3-1-4-8-15)14-19-16-9-12-21-18(13-16)10-5-2-6-11-18/h1,3-4,7-8,16-17,19-20H,2,5-6,9-14H2. The van der Waals surface area contributed by atoms with Crippen molar-refractivity contribution < 1.29 is 9.84 Å². The zero-order valence-corrected chi connectivity index (χ0v) is 12.8. The summed E-state index contributed by atoms with van der Waals surface area (Å²) in [7, 11) is 0. The summed E-state index contributed by atoms with van der Waals surface area (Å²) < 4.78 is 6.13. The van der Waals surface area contributed by atoms with Crippen LogP contribution in [0, 0.1) is 0 Å². The van der Waals surface area contributed by atoms with Gasteiger partial charge in [0, 0.05) is 19.2 Å². The predicted molar refractivity (Wildman–Crippen MR) is 84.2 cm³/mol. The maximum atomic E-state index is 10.3. The lowest BCUT2D eigenvalue weighted by Crippen LogP contribution is -2.48. The van der Waals surface area contributed by atoms with Gasteiger partial charge in [-0.15, -0.1) is 0 Å². The van der Waals surface area contributed by atoms with Gasteiger partial charge in [0.25, 0.3) is 0 Å². The number of benzene rings is 1. The minimum atomic E-state index is -0.420. The Kier molecular flexibility index (Phi) is 4.94. The van der Waals surface area contributed by atoms with Gasteiger partial charge in [-0.1, -0.05) is 49.6 Å². The second-order valence-corrected chi connectivity index (χ2v) is 6.62. The van der Waals surface area contributed by atoms with Crippen LogP contribution in [-0.2, 0) is 4.74 Å². The van der Waals surface area contributed by atoms with Crippen molar-refractivity contribution in [3.8, 4) is 0 Å². The van der Waals surface area contributed by atoms with E-state index in [-0.39, 0.29) is 5.60 Å². The molecule has 21 heavy (non-hydrogen) atoms. The van der Waals surface area contributed by atoms with Crippen LogP contribution in [0.3, 0.4) is 0 Å². The van der Waals surface area contributed by atoms with Gasteiger partial charge in [-0.05, 0) is 31.2 Å². The van der Waals surface area contributed by atoms with Gasteiger partial charge in [-0.25, -0.2) is 0 Å². The third-order valence-electron chi connectivity index (χ3n) is 5.04. The summed E-state index contributed by atoms with van der Waals surface area (Å²) in [6, 6.07) is 10.4. The highest BCUT2D eigenvalue weighted by molar-refractivity contribution is 5.17. The molecule has 1 aliphatic carbocycles. The molecule has 1 saturated heterocycles. The molecular formula is C18H27NO2. The molecule has 1 aromatic carbocycles. The first kappa shape index (κ1) is 15.0. The molecule has 3 nitrogen and oxygen atoms in total. The fourth-order valence-corrected chi connectivity index (χ4v) is 3.82. The highest BCUT2D eigenvalue weighted by Gasteiger charge is 2.38. The molecule has 3 rings (SSSR count). The van der Waals surface area contributed by atoms with E-state index in [9.17, 15) is 5.11 Å². The lowest BCUT2D eigenvalue weighted by molar-refractivity contribution is -0.109. The molecule has 1 saturated carbocycles. The van der Waals surface area contributed by atoms with Gasteiger partial charge in [0.05, 0.1) is 11.7 Å². The summed E-state index contributed by atoms with van der Waals surface area (Å²) in [5.74, 6) is 0. The summed E-state index contributed by atoms with van der Waals surface area (Å²) in [6.07, 6.45) is 8.14. The van der Waals surface area contributed by atoms with Gasteiger partial charge in [0.15, 0.2) is 0 Å². The van der Waals surface area contributed by atoms with E-state index in [1.807, 2.05) is 30.3 Å². The fourth-order valence-electron chi connectivity index (χ4n) is 3.82. The van der Waals surface area contributed by atoms with Crippen LogP contribution in [0.25, 0.3) is 0 Å². The van der Waals surface area contributed by atoms with Crippen molar-refractivity contribution in [3.05, 3.63) is 35.9 Å². The van der Waals surface area contributed by atoms with Crippen molar-refractivity contribution in [2.24, 2.45) is 0 Å². The molecular weight excluding hydrogens is 262 g/mol. The van der Waals surface area contributed by atoms with Crippen molar-refractivity contribution in [1.29, 1.82) is 0 Å². The van der Waals surface area contributed by atoms with Crippen LogP contribution in [0.5, 0.6) is 0 Å². The topological polar surface area (TPSA) is 41.5 Å². The number of hydrogen-bond acceptors (Lipinski definition) is 3. The first-order chi connectivity index (χ1) is 10.3. The molecule has 2 fully saturated rings. The number of ether oxygens (including phenoxy) is 1. The van der Waals surface area contributed by atoms with E-state index in [2.05, 4.69) is 5.32 Å². The first-order valence-electron chi connectivity index (χ1n) is 8.38. The molecule has 116 valence electrons. The maximum Gasteiger partial charge on any atom is 0.0914 e. The number of nitrogens with one attached hydrogen (secondary N) is 1. The first-order valence-corrected chi connectivity index (χ1v) is 8.38. The van der Waals surface area contributed by atoms with Gasteiger partial charge in [0.1, 0.15) is 0 Å². The fraction of sp³-hybridized carbons (Fsp3) is 0.667.